The summed E-state index contributed by atoms with van der Waals surface area (Å²) in [5.74, 6) is -0.0448. The van der Waals surface area contributed by atoms with E-state index in [4.69, 9.17) is 0 Å². The molecule has 0 fully saturated rings. The van der Waals surface area contributed by atoms with Gasteiger partial charge in [-0.05, 0) is 37.6 Å². The van der Waals surface area contributed by atoms with Crippen LogP contribution in [0, 0.1) is 0 Å². The van der Waals surface area contributed by atoms with Gasteiger partial charge < -0.3 is 9.84 Å². The molecule has 26 heavy (non-hydrogen) atoms. The first-order valence-corrected chi connectivity index (χ1v) is 7.73. The van der Waals surface area contributed by atoms with Crippen LogP contribution in [0.3, 0.4) is 0 Å². The van der Waals surface area contributed by atoms with Crippen LogP contribution < -0.4 is 4.74 Å². The number of ether oxygens (including phenoxy) is 1. The number of halogens is 3. The summed E-state index contributed by atoms with van der Waals surface area (Å²) >= 11 is 0. The van der Waals surface area contributed by atoms with Crippen molar-refractivity contribution < 1.29 is 23.0 Å². The fraction of sp³-hybridized carbons (Fsp3) is 0.222. The van der Waals surface area contributed by atoms with Crippen LogP contribution in [0.25, 0.3) is 16.8 Å². The minimum atomic E-state index is -4.78. The van der Waals surface area contributed by atoms with E-state index >= 15 is 0 Å². The van der Waals surface area contributed by atoms with Gasteiger partial charge in [0.2, 0.25) is 0 Å². The number of hydrogen-bond acceptors (Lipinski definition) is 4. The summed E-state index contributed by atoms with van der Waals surface area (Å²) in [6.45, 7) is 3.13. The van der Waals surface area contributed by atoms with Crippen LogP contribution in [-0.4, -0.2) is 26.2 Å². The highest BCUT2D eigenvalue weighted by Crippen LogP contribution is 2.34. The van der Waals surface area contributed by atoms with Crippen LogP contribution in [0.15, 0.2) is 54.9 Å². The zero-order chi connectivity index (χ0) is 18.9. The average Bonchev–Trinajstić information content (AvgIpc) is 3.04. The predicted molar refractivity (Wildman–Crippen MR) is 88.7 cm³/mol. The highest BCUT2D eigenvalue weighted by atomic mass is 19.4. The number of benzene rings is 2. The van der Waals surface area contributed by atoms with Gasteiger partial charge in [0.15, 0.2) is 5.82 Å². The van der Waals surface area contributed by atoms with Gasteiger partial charge in [-0.1, -0.05) is 30.3 Å². The Morgan fingerprint density at radius 1 is 1.04 bits per heavy atom. The van der Waals surface area contributed by atoms with Gasteiger partial charge >= 0.3 is 6.36 Å². The molecule has 3 rings (SSSR count). The molecule has 0 saturated carbocycles. The molecule has 5 nitrogen and oxygen atoms in total. The Labute approximate surface area is 147 Å². The Balaban J connectivity index is 2.00. The number of hydrogen-bond donors (Lipinski definition) is 1. The maximum atomic E-state index is 12.6. The molecule has 136 valence electrons. The Morgan fingerprint density at radius 2 is 1.77 bits per heavy atom. The number of aliphatic hydroxyl groups is 1. The van der Waals surface area contributed by atoms with Crippen LogP contribution in [0.2, 0.25) is 0 Å². The first kappa shape index (κ1) is 17.9. The number of nitrogens with zero attached hydrogens (tertiary/aromatic N) is 3. The molecule has 0 spiro atoms. The third-order valence-corrected chi connectivity index (χ3v) is 3.57. The van der Waals surface area contributed by atoms with Crippen molar-refractivity contribution in [3.05, 3.63) is 60.7 Å². The van der Waals surface area contributed by atoms with Crippen molar-refractivity contribution in [2.45, 2.75) is 25.8 Å². The van der Waals surface area contributed by atoms with Crippen molar-refractivity contribution >= 4 is 0 Å². The van der Waals surface area contributed by atoms with E-state index in [1.54, 1.807) is 50.2 Å². The SMILES string of the molecule is CC(C)(O)c1ncn(-c2cccc(-c3ccccc3OC(F)(F)F)c2)n1. The van der Waals surface area contributed by atoms with Crippen molar-refractivity contribution in [3.63, 3.8) is 0 Å². The molecule has 0 atom stereocenters. The van der Waals surface area contributed by atoms with Crippen molar-refractivity contribution in [1.29, 1.82) is 0 Å². The van der Waals surface area contributed by atoms with Crippen LogP contribution in [0.5, 0.6) is 5.75 Å². The number of alkyl halides is 3. The van der Waals surface area contributed by atoms with Gasteiger partial charge in [-0.2, -0.15) is 0 Å². The lowest BCUT2D eigenvalue weighted by Crippen LogP contribution is -2.18. The van der Waals surface area contributed by atoms with Crippen molar-refractivity contribution in [2.24, 2.45) is 0 Å². The highest BCUT2D eigenvalue weighted by Gasteiger charge is 2.32. The molecule has 0 amide bonds. The van der Waals surface area contributed by atoms with Crippen LogP contribution >= 0.6 is 0 Å². The second-order valence-electron chi connectivity index (χ2n) is 6.17. The molecule has 0 saturated heterocycles. The first-order valence-electron chi connectivity index (χ1n) is 7.73. The highest BCUT2D eigenvalue weighted by molar-refractivity contribution is 5.72. The zero-order valence-electron chi connectivity index (χ0n) is 14.0. The van der Waals surface area contributed by atoms with Gasteiger partial charge in [0, 0.05) is 5.56 Å². The molecule has 1 aromatic heterocycles. The van der Waals surface area contributed by atoms with Gasteiger partial charge in [-0.25, -0.2) is 9.67 Å². The lowest BCUT2D eigenvalue weighted by molar-refractivity contribution is -0.274. The largest absolute Gasteiger partial charge is 0.573 e. The van der Waals surface area contributed by atoms with Gasteiger partial charge in [-0.15, -0.1) is 18.3 Å². The molecule has 0 bridgehead atoms. The van der Waals surface area contributed by atoms with Gasteiger partial charge in [0.1, 0.15) is 17.7 Å². The maximum Gasteiger partial charge on any atom is 0.573 e. The zero-order valence-corrected chi connectivity index (χ0v) is 14.0. The number of rotatable bonds is 4. The summed E-state index contributed by atoms with van der Waals surface area (Å²) in [6.07, 6.45) is -3.34. The molecule has 0 radical (unpaired) electrons. The van der Waals surface area contributed by atoms with E-state index < -0.39 is 12.0 Å². The van der Waals surface area contributed by atoms with Crippen LogP contribution in [0.4, 0.5) is 13.2 Å². The molecule has 0 unspecified atom stereocenters. The predicted octanol–water partition coefficient (Wildman–Crippen LogP) is 4.06. The lowest BCUT2D eigenvalue weighted by atomic mass is 10.0. The first-order chi connectivity index (χ1) is 12.1. The van der Waals surface area contributed by atoms with E-state index in [1.165, 1.54) is 23.1 Å². The van der Waals surface area contributed by atoms with Crippen molar-refractivity contribution in [3.8, 4) is 22.6 Å². The van der Waals surface area contributed by atoms with Gasteiger partial charge in [-0.3, -0.25) is 0 Å². The normalized spacial score (nSPS) is 12.2. The Bertz CT molecular complexity index is 914. The lowest BCUT2D eigenvalue weighted by Gasteiger charge is -2.14. The average molecular weight is 363 g/mol. The summed E-state index contributed by atoms with van der Waals surface area (Å²) in [7, 11) is 0. The Hall–Kier alpha value is -2.87. The van der Waals surface area contributed by atoms with Gasteiger partial charge in [0.25, 0.3) is 0 Å². The minimum absolute atomic E-state index is 0.240. The molecule has 0 aliphatic heterocycles. The quantitative estimate of drug-likeness (QED) is 0.759. The van der Waals surface area contributed by atoms with E-state index in [1.807, 2.05) is 0 Å². The summed E-state index contributed by atoms with van der Waals surface area (Å²) in [5.41, 5.74) is 0.222. The third kappa shape index (κ3) is 4.02. The van der Waals surface area contributed by atoms with Gasteiger partial charge in [0.05, 0.1) is 5.69 Å². The van der Waals surface area contributed by atoms with E-state index in [-0.39, 0.29) is 11.6 Å². The molecular weight excluding hydrogens is 347 g/mol. The molecule has 3 aromatic rings. The molecule has 8 heteroatoms. The molecular formula is C18H16F3N3O2. The van der Waals surface area contributed by atoms with E-state index in [0.717, 1.165) is 0 Å². The topological polar surface area (TPSA) is 60.2 Å². The summed E-state index contributed by atoms with van der Waals surface area (Å²) in [4.78, 5) is 4.06. The Morgan fingerprint density at radius 3 is 2.42 bits per heavy atom. The summed E-state index contributed by atoms with van der Waals surface area (Å²) < 4.78 is 43.4. The van der Waals surface area contributed by atoms with Crippen LogP contribution in [-0.2, 0) is 5.60 Å². The number of aromatic nitrogens is 3. The monoisotopic (exact) mass is 363 g/mol. The standard InChI is InChI=1S/C18H16F3N3O2/c1-17(2,25)16-22-11-24(23-16)13-7-5-6-12(10-13)14-8-3-4-9-15(14)26-18(19,20)21/h3-11,25H,1-2H3. The molecule has 1 N–H and O–H groups in total. The second-order valence-corrected chi connectivity index (χ2v) is 6.17. The molecule has 0 aliphatic rings. The summed E-state index contributed by atoms with van der Waals surface area (Å²) in [6, 6.07) is 12.7. The number of para-hydroxylation sites is 1. The van der Waals surface area contributed by atoms with E-state index in [2.05, 4.69) is 14.8 Å². The Kier molecular flexibility index (Phi) is 4.45. The fourth-order valence-corrected chi connectivity index (χ4v) is 2.40. The fourth-order valence-electron chi connectivity index (χ4n) is 2.40. The van der Waals surface area contributed by atoms with Crippen molar-refractivity contribution in [2.75, 3.05) is 0 Å². The summed E-state index contributed by atoms with van der Waals surface area (Å²) in [5, 5.41) is 14.2. The third-order valence-electron chi connectivity index (χ3n) is 3.57. The van der Waals surface area contributed by atoms with E-state index in [0.29, 0.717) is 16.8 Å². The van der Waals surface area contributed by atoms with E-state index in [9.17, 15) is 18.3 Å². The van der Waals surface area contributed by atoms with Crippen molar-refractivity contribution in [1.82, 2.24) is 14.8 Å². The molecule has 2 aromatic carbocycles. The maximum absolute atomic E-state index is 12.6. The molecule has 0 aliphatic carbocycles. The van der Waals surface area contributed by atoms with Crippen LogP contribution in [0.1, 0.15) is 19.7 Å². The molecule has 1 heterocycles. The second kappa shape index (κ2) is 6.45. The minimum Gasteiger partial charge on any atom is -0.405 e. The smallest absolute Gasteiger partial charge is 0.405 e.